The van der Waals surface area contributed by atoms with E-state index in [0.29, 0.717) is 18.0 Å². The average Bonchev–Trinajstić information content (AvgIpc) is 2.81. The number of hydrogen-bond donors (Lipinski definition) is 3. The van der Waals surface area contributed by atoms with Gasteiger partial charge < -0.3 is 19.9 Å². The van der Waals surface area contributed by atoms with E-state index in [1.54, 1.807) is 6.92 Å². The molecule has 3 N–H and O–H groups in total. The Kier molecular flexibility index (Phi) is 15.9. The average molecular weight is 513 g/mol. The fraction of sp³-hybridized carbons (Fsp3) is 0.654. The van der Waals surface area contributed by atoms with Crippen molar-refractivity contribution in [3.8, 4) is 5.75 Å². The Morgan fingerprint density at radius 2 is 1.51 bits per heavy atom. The van der Waals surface area contributed by atoms with Crippen LogP contribution in [-0.4, -0.2) is 39.8 Å². The molecule has 1 rings (SSSR count). The van der Waals surface area contributed by atoms with Crippen LogP contribution >= 0.6 is 0 Å². The van der Waals surface area contributed by atoms with Crippen molar-refractivity contribution < 1.29 is 27.8 Å². The number of sulfonamides is 1. The van der Waals surface area contributed by atoms with Crippen LogP contribution in [-0.2, 0) is 19.6 Å². The van der Waals surface area contributed by atoms with Crippen LogP contribution in [0.4, 0.5) is 5.69 Å². The first kappa shape index (κ1) is 30.8. The van der Waals surface area contributed by atoms with Gasteiger partial charge in [0.2, 0.25) is 10.0 Å². The summed E-state index contributed by atoms with van der Waals surface area (Å²) in [5.74, 6) is -0.842. The van der Waals surface area contributed by atoms with Gasteiger partial charge in [-0.3, -0.25) is 0 Å². The molecule has 0 heterocycles. The van der Waals surface area contributed by atoms with E-state index in [1.807, 2.05) is 0 Å². The summed E-state index contributed by atoms with van der Waals surface area (Å²) in [6.45, 7) is 4.57. The third kappa shape index (κ3) is 13.4. The molecule has 0 aliphatic rings. The summed E-state index contributed by atoms with van der Waals surface area (Å²) in [5, 5.41) is 11.8. The number of ether oxygens (including phenoxy) is 2. The van der Waals surface area contributed by atoms with Gasteiger partial charge in [0.05, 0.1) is 30.4 Å². The second kappa shape index (κ2) is 18.1. The van der Waals surface area contributed by atoms with Crippen LogP contribution in [0.3, 0.4) is 0 Å². The first-order valence-electron chi connectivity index (χ1n) is 12.9. The lowest BCUT2D eigenvalue weighted by Crippen LogP contribution is -2.25. The van der Waals surface area contributed by atoms with Crippen molar-refractivity contribution in [2.45, 2.75) is 95.8 Å². The predicted octanol–water partition coefficient (Wildman–Crippen LogP) is 6.05. The number of benzene rings is 1. The molecule has 0 radical (unpaired) electrons. The first-order chi connectivity index (χ1) is 16.8. The second-order valence-corrected chi connectivity index (χ2v) is 10.3. The molecule has 0 aromatic heterocycles. The SMILES string of the molecule is CCCCCCCCCCCCCCNS(=O)(=O)c1ccc(OC)c(N/C(=C/C(=O)O)OCC)c1. The van der Waals surface area contributed by atoms with Crippen molar-refractivity contribution in [3.63, 3.8) is 0 Å². The summed E-state index contributed by atoms with van der Waals surface area (Å²) in [6.07, 6.45) is 15.5. The Morgan fingerprint density at radius 1 is 0.943 bits per heavy atom. The topological polar surface area (TPSA) is 114 Å². The number of hydrogen-bond acceptors (Lipinski definition) is 6. The summed E-state index contributed by atoms with van der Waals surface area (Å²) in [4.78, 5) is 11.1. The molecular formula is C26H44N2O6S. The maximum absolute atomic E-state index is 12.8. The van der Waals surface area contributed by atoms with Crippen LogP contribution < -0.4 is 14.8 Å². The van der Waals surface area contributed by atoms with Gasteiger partial charge in [0.1, 0.15) is 5.75 Å². The standard InChI is InChI=1S/C26H44N2O6S/c1-4-6-7-8-9-10-11-12-13-14-15-16-19-27-35(31,32)22-17-18-24(33-3)23(20-22)28-25(34-5-2)21-26(29)30/h17-18,20-21,27-28H,4-16,19H2,1-3H3,(H,29,30)/b25-21-. The Bertz CT molecular complexity index is 871. The Balaban J connectivity index is 2.47. The first-order valence-corrected chi connectivity index (χ1v) is 14.3. The van der Waals surface area contributed by atoms with Crippen LogP contribution in [0.15, 0.2) is 35.1 Å². The van der Waals surface area contributed by atoms with Gasteiger partial charge in [0.15, 0.2) is 5.88 Å². The van der Waals surface area contributed by atoms with E-state index in [4.69, 9.17) is 14.6 Å². The molecule has 0 saturated heterocycles. The van der Waals surface area contributed by atoms with E-state index in [2.05, 4.69) is 17.0 Å². The van der Waals surface area contributed by atoms with Gasteiger partial charge in [-0.25, -0.2) is 17.9 Å². The van der Waals surface area contributed by atoms with Gasteiger partial charge in [-0.2, -0.15) is 0 Å². The molecule has 1 aromatic carbocycles. The van der Waals surface area contributed by atoms with Gasteiger partial charge in [-0.05, 0) is 31.5 Å². The van der Waals surface area contributed by atoms with Crippen LogP contribution in [0.5, 0.6) is 5.75 Å². The largest absolute Gasteiger partial charge is 0.495 e. The quantitative estimate of drug-likeness (QED) is 0.104. The van der Waals surface area contributed by atoms with E-state index in [-0.39, 0.29) is 17.4 Å². The highest BCUT2D eigenvalue weighted by molar-refractivity contribution is 7.89. The molecule has 8 nitrogen and oxygen atoms in total. The smallest absolute Gasteiger partial charge is 0.333 e. The maximum Gasteiger partial charge on any atom is 0.333 e. The molecule has 1 aromatic rings. The minimum absolute atomic E-state index is 0.0164. The highest BCUT2D eigenvalue weighted by Gasteiger charge is 2.17. The minimum Gasteiger partial charge on any atom is -0.495 e. The number of unbranched alkanes of at least 4 members (excludes halogenated alkanes) is 11. The third-order valence-electron chi connectivity index (χ3n) is 5.62. The van der Waals surface area contributed by atoms with Crippen LogP contribution in [0.25, 0.3) is 0 Å². The monoisotopic (exact) mass is 512 g/mol. The van der Waals surface area contributed by atoms with Crippen LogP contribution in [0, 0.1) is 0 Å². The molecule has 0 unspecified atom stereocenters. The minimum atomic E-state index is -3.72. The second-order valence-electron chi connectivity index (χ2n) is 8.55. The number of nitrogens with one attached hydrogen (secondary N) is 2. The number of methoxy groups -OCH3 is 1. The zero-order valence-corrected chi connectivity index (χ0v) is 22.4. The van der Waals surface area contributed by atoms with Gasteiger partial charge in [-0.1, -0.05) is 77.6 Å². The molecule has 0 saturated carbocycles. The zero-order valence-electron chi connectivity index (χ0n) is 21.6. The fourth-order valence-corrected chi connectivity index (χ4v) is 4.82. The Labute approximate surface area is 211 Å². The van der Waals surface area contributed by atoms with Crippen LogP contribution in [0.2, 0.25) is 0 Å². The molecule has 9 heteroatoms. The Morgan fingerprint density at radius 3 is 2.03 bits per heavy atom. The Hall–Kier alpha value is -2.26. The molecule has 0 spiro atoms. The third-order valence-corrected chi connectivity index (χ3v) is 7.07. The van der Waals surface area contributed by atoms with E-state index >= 15 is 0 Å². The number of carbonyl (C=O) groups is 1. The lowest BCUT2D eigenvalue weighted by molar-refractivity contribution is -0.131. The molecule has 0 bridgehead atoms. The molecule has 0 amide bonds. The molecular weight excluding hydrogens is 468 g/mol. The van der Waals surface area contributed by atoms with Crippen molar-refractivity contribution in [2.24, 2.45) is 0 Å². The number of aliphatic carboxylic acids is 1. The normalized spacial score (nSPS) is 11.9. The lowest BCUT2D eigenvalue weighted by atomic mass is 10.1. The maximum atomic E-state index is 12.8. The molecule has 0 aliphatic heterocycles. The number of anilines is 1. The van der Waals surface area contributed by atoms with Gasteiger partial charge in [-0.15, -0.1) is 0 Å². The summed E-state index contributed by atoms with van der Waals surface area (Å²) in [7, 11) is -2.27. The van der Waals surface area contributed by atoms with Crippen molar-refractivity contribution in [1.82, 2.24) is 4.72 Å². The van der Waals surface area contributed by atoms with Crippen molar-refractivity contribution in [2.75, 3.05) is 25.6 Å². The predicted molar refractivity (Wildman–Crippen MR) is 140 cm³/mol. The highest BCUT2D eigenvalue weighted by atomic mass is 32.2. The van der Waals surface area contributed by atoms with Crippen LogP contribution in [0.1, 0.15) is 90.9 Å². The van der Waals surface area contributed by atoms with Crippen molar-refractivity contribution in [3.05, 3.63) is 30.2 Å². The van der Waals surface area contributed by atoms with E-state index < -0.39 is 16.0 Å². The lowest BCUT2D eigenvalue weighted by Gasteiger charge is -2.15. The van der Waals surface area contributed by atoms with E-state index in [1.165, 1.54) is 83.1 Å². The molecule has 35 heavy (non-hydrogen) atoms. The van der Waals surface area contributed by atoms with Gasteiger partial charge in [0.25, 0.3) is 0 Å². The zero-order chi connectivity index (χ0) is 25.9. The fourth-order valence-electron chi connectivity index (χ4n) is 3.72. The van der Waals surface area contributed by atoms with Crippen molar-refractivity contribution in [1.29, 1.82) is 0 Å². The summed E-state index contributed by atoms with van der Waals surface area (Å²) < 4.78 is 38.7. The van der Waals surface area contributed by atoms with Crippen molar-refractivity contribution >= 4 is 21.7 Å². The number of carboxylic acids is 1. The number of carboxylic acid groups (broad SMARTS) is 1. The van der Waals surface area contributed by atoms with Gasteiger partial charge in [0, 0.05) is 6.54 Å². The molecule has 0 atom stereocenters. The highest BCUT2D eigenvalue weighted by Crippen LogP contribution is 2.29. The summed E-state index contributed by atoms with van der Waals surface area (Å²) in [6, 6.07) is 4.37. The van der Waals surface area contributed by atoms with Gasteiger partial charge >= 0.3 is 5.97 Å². The molecule has 0 aliphatic carbocycles. The molecule has 200 valence electrons. The van der Waals surface area contributed by atoms with E-state index in [9.17, 15) is 13.2 Å². The molecule has 0 fully saturated rings. The summed E-state index contributed by atoms with van der Waals surface area (Å²) >= 11 is 0. The number of rotatable bonds is 21. The summed E-state index contributed by atoms with van der Waals surface area (Å²) in [5.41, 5.74) is 0.293. The van der Waals surface area contributed by atoms with E-state index in [0.717, 1.165) is 25.3 Å².